The molecule has 1 atom stereocenters. The first-order valence-corrected chi connectivity index (χ1v) is 4.30. The molecule has 54 valence electrons. The zero-order valence-electron chi connectivity index (χ0n) is 4.44. The van der Waals surface area contributed by atoms with Gasteiger partial charge >= 0.3 is 14.4 Å². The van der Waals surface area contributed by atoms with Crippen LogP contribution in [0.5, 0.6) is 0 Å². The summed E-state index contributed by atoms with van der Waals surface area (Å²) in [5.41, 5.74) is 0. The summed E-state index contributed by atoms with van der Waals surface area (Å²) in [6, 6.07) is 0. The summed E-state index contributed by atoms with van der Waals surface area (Å²) < 4.78 is 20.2. The molecule has 0 saturated heterocycles. The van der Waals surface area contributed by atoms with Crippen LogP contribution in [0.3, 0.4) is 0 Å². The van der Waals surface area contributed by atoms with Crippen molar-refractivity contribution in [2.75, 3.05) is 0 Å². The van der Waals surface area contributed by atoms with E-state index in [1.165, 1.54) is 0 Å². The van der Waals surface area contributed by atoms with Gasteiger partial charge in [-0.15, -0.1) is 0 Å². The molecule has 0 radical (unpaired) electrons. The molecule has 0 aliphatic carbocycles. The Labute approximate surface area is 56.2 Å². The molecule has 7 heteroatoms. The molecule has 0 aliphatic heterocycles. The average Bonchev–Trinajstić information content (AvgIpc) is 1.62. The van der Waals surface area contributed by atoms with Gasteiger partial charge < -0.3 is 0 Å². The molecule has 0 aromatic carbocycles. The van der Waals surface area contributed by atoms with E-state index >= 15 is 0 Å². The maximum atomic E-state index is 10.1. The standard InChI is InChI=1S/C2H4ClNO4S/c1-2(4(5)6)9(3,7)8/h2H,1H3. The van der Waals surface area contributed by atoms with E-state index in [1.807, 2.05) is 0 Å². The molecule has 0 aromatic heterocycles. The highest BCUT2D eigenvalue weighted by Crippen LogP contribution is 2.05. The van der Waals surface area contributed by atoms with Crippen molar-refractivity contribution in [1.82, 2.24) is 0 Å². The molecule has 5 nitrogen and oxygen atoms in total. The summed E-state index contributed by atoms with van der Waals surface area (Å²) >= 11 is 0. The Morgan fingerprint density at radius 3 is 2.00 bits per heavy atom. The fourth-order valence-corrected chi connectivity index (χ4v) is 0.504. The van der Waals surface area contributed by atoms with E-state index in [4.69, 9.17) is 0 Å². The second kappa shape index (κ2) is 2.49. The largest absolute Gasteiger partial charge is 0.321 e. The first-order chi connectivity index (χ1) is 3.85. The van der Waals surface area contributed by atoms with E-state index in [0.717, 1.165) is 6.92 Å². The summed E-state index contributed by atoms with van der Waals surface area (Å²) in [5.74, 6) is 0. The smallest absolute Gasteiger partial charge is 0.263 e. The van der Waals surface area contributed by atoms with Crippen molar-refractivity contribution < 1.29 is 13.3 Å². The van der Waals surface area contributed by atoms with Gasteiger partial charge in [-0.25, -0.2) is 8.42 Å². The van der Waals surface area contributed by atoms with Gasteiger partial charge in [0.25, 0.3) is 0 Å². The van der Waals surface area contributed by atoms with Gasteiger partial charge in [0, 0.05) is 22.5 Å². The molecule has 9 heavy (non-hydrogen) atoms. The topological polar surface area (TPSA) is 77.3 Å². The van der Waals surface area contributed by atoms with Crippen molar-refractivity contribution in [3.05, 3.63) is 10.1 Å². The molecule has 0 aromatic rings. The zero-order valence-corrected chi connectivity index (χ0v) is 6.02. The summed E-state index contributed by atoms with van der Waals surface area (Å²) in [6.07, 6.45) is 0. The maximum Gasteiger partial charge on any atom is 0.321 e. The van der Waals surface area contributed by atoms with Gasteiger partial charge in [0.05, 0.1) is 0 Å². The fourth-order valence-electron chi connectivity index (χ4n) is 0.103. The lowest BCUT2D eigenvalue weighted by Crippen LogP contribution is -2.21. The number of rotatable bonds is 2. The van der Waals surface area contributed by atoms with Crippen LogP contribution in [-0.2, 0) is 9.05 Å². The highest BCUT2D eigenvalue weighted by atomic mass is 35.7. The van der Waals surface area contributed by atoms with Crippen LogP contribution in [0, 0.1) is 10.1 Å². The fraction of sp³-hybridized carbons (Fsp3) is 1.00. The van der Waals surface area contributed by atoms with Gasteiger partial charge in [0.1, 0.15) is 0 Å². The Kier molecular flexibility index (Phi) is 2.39. The molecule has 0 rings (SSSR count). The number of halogens is 1. The monoisotopic (exact) mass is 173 g/mol. The quantitative estimate of drug-likeness (QED) is 0.339. The summed E-state index contributed by atoms with van der Waals surface area (Å²) in [5, 5.41) is 7.96. The van der Waals surface area contributed by atoms with E-state index in [0.29, 0.717) is 0 Å². The predicted octanol–water partition coefficient (Wildman–Crippen LogP) is 0.178. The number of nitro groups is 1. The van der Waals surface area contributed by atoms with Gasteiger partial charge in [0.15, 0.2) is 0 Å². The van der Waals surface area contributed by atoms with E-state index in [9.17, 15) is 18.5 Å². The van der Waals surface area contributed by atoms with Gasteiger partial charge in [-0.3, -0.25) is 10.1 Å². The minimum Gasteiger partial charge on any atom is -0.263 e. The summed E-state index contributed by atoms with van der Waals surface area (Å²) in [6.45, 7) is 0.905. The molecule has 1 unspecified atom stereocenters. The van der Waals surface area contributed by atoms with Crippen LogP contribution in [0.2, 0.25) is 0 Å². The summed E-state index contributed by atoms with van der Waals surface area (Å²) in [4.78, 5) is 8.72. The lowest BCUT2D eigenvalue weighted by molar-refractivity contribution is -0.492. The molecule has 0 saturated carbocycles. The first kappa shape index (κ1) is 8.64. The van der Waals surface area contributed by atoms with Crippen LogP contribution in [0.15, 0.2) is 0 Å². The number of hydrogen-bond donors (Lipinski definition) is 0. The lowest BCUT2D eigenvalue weighted by Gasteiger charge is -1.95. The van der Waals surface area contributed by atoms with Crippen LogP contribution in [0.4, 0.5) is 0 Å². The Bertz CT molecular complexity index is 209. The molecular formula is C2H4ClNO4S. The molecule has 0 N–H and O–H groups in total. The number of hydrogen-bond acceptors (Lipinski definition) is 4. The molecule has 0 fully saturated rings. The van der Waals surface area contributed by atoms with Crippen molar-refractivity contribution in [3.63, 3.8) is 0 Å². The highest BCUT2D eigenvalue weighted by molar-refractivity contribution is 8.14. The van der Waals surface area contributed by atoms with Crippen LogP contribution in [0.25, 0.3) is 0 Å². The molecule has 0 amide bonds. The Morgan fingerprint density at radius 2 is 2.00 bits per heavy atom. The average molecular weight is 174 g/mol. The van der Waals surface area contributed by atoms with Crippen molar-refractivity contribution in [3.8, 4) is 0 Å². The highest BCUT2D eigenvalue weighted by Gasteiger charge is 2.27. The first-order valence-electron chi connectivity index (χ1n) is 1.92. The third kappa shape index (κ3) is 2.62. The van der Waals surface area contributed by atoms with Gasteiger partial charge in [-0.1, -0.05) is 0 Å². The van der Waals surface area contributed by atoms with Crippen LogP contribution in [0.1, 0.15) is 6.92 Å². The second-order valence-electron chi connectivity index (χ2n) is 1.36. The van der Waals surface area contributed by atoms with Crippen molar-refractivity contribution >= 4 is 19.7 Å². The van der Waals surface area contributed by atoms with Gasteiger partial charge in [-0.05, 0) is 0 Å². The zero-order chi connectivity index (χ0) is 7.65. The van der Waals surface area contributed by atoms with Gasteiger partial charge in [0.2, 0.25) is 0 Å². The van der Waals surface area contributed by atoms with E-state index in [2.05, 4.69) is 10.7 Å². The molecule has 0 spiro atoms. The van der Waals surface area contributed by atoms with Crippen molar-refractivity contribution in [2.24, 2.45) is 0 Å². The molecule has 0 bridgehead atoms. The number of nitrogens with zero attached hydrogens (tertiary/aromatic N) is 1. The summed E-state index contributed by atoms with van der Waals surface area (Å²) in [7, 11) is 0.580. The van der Waals surface area contributed by atoms with Crippen molar-refractivity contribution in [2.45, 2.75) is 12.3 Å². The maximum absolute atomic E-state index is 10.1. The minimum atomic E-state index is -4.03. The van der Waals surface area contributed by atoms with Crippen molar-refractivity contribution in [1.29, 1.82) is 0 Å². The Hall–Kier alpha value is -0.360. The Balaban J connectivity index is 4.43. The minimum absolute atomic E-state index is 0.905. The normalized spacial score (nSPS) is 14.9. The predicted molar refractivity (Wildman–Crippen MR) is 31.2 cm³/mol. The molecular weight excluding hydrogens is 170 g/mol. The third-order valence-electron chi connectivity index (χ3n) is 0.704. The SMILES string of the molecule is CC([N+](=O)[O-])S(=O)(=O)Cl. The van der Waals surface area contributed by atoms with Crippen LogP contribution in [-0.4, -0.2) is 18.7 Å². The van der Waals surface area contributed by atoms with Gasteiger partial charge in [-0.2, -0.15) is 0 Å². The van der Waals surface area contributed by atoms with E-state index in [1.54, 1.807) is 0 Å². The second-order valence-corrected chi connectivity index (χ2v) is 4.28. The third-order valence-corrected chi connectivity index (χ3v) is 2.46. The Morgan fingerprint density at radius 1 is 1.67 bits per heavy atom. The molecule has 0 heterocycles. The lowest BCUT2D eigenvalue weighted by atomic mass is 10.8. The van der Waals surface area contributed by atoms with Crippen LogP contribution < -0.4 is 0 Å². The van der Waals surface area contributed by atoms with E-state index in [-0.39, 0.29) is 0 Å². The van der Waals surface area contributed by atoms with E-state index < -0.39 is 19.3 Å². The molecule has 0 aliphatic rings. The van der Waals surface area contributed by atoms with Crippen LogP contribution >= 0.6 is 10.7 Å².